The maximum atomic E-state index is 13.0. The fourth-order valence-electron chi connectivity index (χ4n) is 3.30. The Balaban J connectivity index is 2.19. The summed E-state index contributed by atoms with van der Waals surface area (Å²) in [5.74, 6) is -0.605. The van der Waals surface area contributed by atoms with E-state index in [9.17, 15) is 13.2 Å². The van der Waals surface area contributed by atoms with Crippen LogP contribution in [0.25, 0.3) is 0 Å². The predicted octanol–water partition coefficient (Wildman–Crippen LogP) is 4.78. The summed E-state index contributed by atoms with van der Waals surface area (Å²) >= 11 is 0. The highest BCUT2D eigenvalue weighted by Gasteiger charge is 2.30. The third kappa shape index (κ3) is 5.69. The average Bonchev–Trinajstić information content (AvgIpc) is 2.63. The van der Waals surface area contributed by atoms with Gasteiger partial charge in [-0.3, -0.25) is 4.79 Å². The molecule has 0 aliphatic heterocycles. The number of carbonyl (C=O) groups is 1. The number of hydrogen-bond donors (Lipinski definition) is 1. The summed E-state index contributed by atoms with van der Waals surface area (Å²) in [5, 5.41) is 1.71. The number of sulfone groups is 1. The Bertz CT molecular complexity index is 950. The molecular weight excluding hydrogens is 382 g/mol. The number of amides is 1. The summed E-state index contributed by atoms with van der Waals surface area (Å²) in [5.41, 5.74) is 4.79. The highest BCUT2D eigenvalue weighted by molar-refractivity contribution is 7.92. The molecule has 2 atom stereocenters. The van der Waals surface area contributed by atoms with Crippen molar-refractivity contribution in [2.45, 2.75) is 70.9 Å². The van der Waals surface area contributed by atoms with Gasteiger partial charge in [0.2, 0.25) is 5.91 Å². The zero-order chi connectivity index (χ0) is 22.0. The van der Waals surface area contributed by atoms with E-state index in [0.29, 0.717) is 0 Å². The monoisotopic (exact) mass is 415 g/mol. The second-order valence-electron chi connectivity index (χ2n) is 8.93. The molecule has 29 heavy (non-hydrogen) atoms. The van der Waals surface area contributed by atoms with Gasteiger partial charge in [0.05, 0.1) is 11.8 Å². The second-order valence-corrected chi connectivity index (χ2v) is 11.3. The van der Waals surface area contributed by atoms with Crippen molar-refractivity contribution in [1.82, 2.24) is 5.32 Å². The van der Waals surface area contributed by atoms with Crippen LogP contribution in [0.2, 0.25) is 0 Å². The van der Waals surface area contributed by atoms with E-state index in [1.54, 1.807) is 0 Å². The van der Waals surface area contributed by atoms with Crippen LogP contribution < -0.4 is 5.32 Å². The molecule has 0 aromatic heterocycles. The van der Waals surface area contributed by atoms with Crippen molar-refractivity contribution < 1.29 is 13.2 Å². The molecule has 2 aromatic rings. The minimum absolute atomic E-state index is 0.00627. The lowest BCUT2D eigenvalue weighted by atomic mass is 9.84. The summed E-state index contributed by atoms with van der Waals surface area (Å²) in [6.45, 7) is 13.6. The summed E-state index contributed by atoms with van der Waals surface area (Å²) in [6, 6.07) is 13.4. The van der Waals surface area contributed by atoms with Crippen LogP contribution in [0.4, 0.5) is 0 Å². The summed E-state index contributed by atoms with van der Waals surface area (Å²) in [4.78, 5) is 12.6. The first-order valence-electron chi connectivity index (χ1n) is 10.0. The minimum Gasteiger partial charge on any atom is -0.348 e. The molecule has 0 bridgehead atoms. The van der Waals surface area contributed by atoms with Gasteiger partial charge in [0.25, 0.3) is 0 Å². The van der Waals surface area contributed by atoms with Gasteiger partial charge in [-0.2, -0.15) is 0 Å². The van der Waals surface area contributed by atoms with Gasteiger partial charge >= 0.3 is 0 Å². The van der Waals surface area contributed by atoms with E-state index in [1.165, 1.54) is 12.5 Å². The topological polar surface area (TPSA) is 63.2 Å². The number of aryl methyl sites for hydroxylation is 2. The Kier molecular flexibility index (Phi) is 6.94. The van der Waals surface area contributed by atoms with Gasteiger partial charge in [-0.25, -0.2) is 8.42 Å². The van der Waals surface area contributed by atoms with Crippen LogP contribution >= 0.6 is 0 Å². The number of nitrogens with one attached hydrogen (secondary N) is 1. The normalized spacial score (nSPS) is 14.3. The molecule has 2 unspecified atom stereocenters. The molecule has 1 N–H and O–H groups in total. The van der Waals surface area contributed by atoms with Crippen LogP contribution in [0.3, 0.4) is 0 Å². The first-order chi connectivity index (χ1) is 13.3. The van der Waals surface area contributed by atoms with Gasteiger partial charge in [-0.05, 0) is 60.9 Å². The van der Waals surface area contributed by atoms with Gasteiger partial charge in [-0.15, -0.1) is 0 Å². The maximum absolute atomic E-state index is 13.0. The van der Waals surface area contributed by atoms with Crippen molar-refractivity contribution in [3.8, 4) is 0 Å². The molecule has 5 heteroatoms. The smallest absolute Gasteiger partial charge is 0.238 e. The van der Waals surface area contributed by atoms with E-state index in [4.69, 9.17) is 0 Å². The van der Waals surface area contributed by atoms with Crippen LogP contribution in [0.1, 0.15) is 68.5 Å². The van der Waals surface area contributed by atoms with Crippen molar-refractivity contribution in [2.24, 2.45) is 0 Å². The first kappa shape index (κ1) is 23.1. The van der Waals surface area contributed by atoms with E-state index < -0.39 is 21.0 Å². The van der Waals surface area contributed by atoms with Gasteiger partial charge in [-0.1, -0.05) is 63.2 Å². The molecule has 4 nitrogen and oxygen atoms in total. The van der Waals surface area contributed by atoms with Crippen molar-refractivity contribution in [1.29, 1.82) is 0 Å². The predicted molar refractivity (Wildman–Crippen MR) is 120 cm³/mol. The minimum atomic E-state index is -3.65. The summed E-state index contributed by atoms with van der Waals surface area (Å²) < 4.78 is 26.0. The molecule has 0 spiro atoms. The standard InChI is InChI=1S/C24H33NO3S/c1-16-13-21(24(5,6)7)14-17(2)22(16)15-29(27,28)19(4)23(26)25-18(3)20-11-9-8-10-12-20/h8-14,18-19H,15H2,1-7H3,(H,25,26). The molecule has 0 fully saturated rings. The number of hydrogen-bond acceptors (Lipinski definition) is 3. The van der Waals surface area contributed by atoms with E-state index in [-0.39, 0.29) is 17.2 Å². The number of rotatable bonds is 6. The van der Waals surface area contributed by atoms with Crippen molar-refractivity contribution in [2.75, 3.05) is 0 Å². The van der Waals surface area contributed by atoms with E-state index in [0.717, 1.165) is 22.3 Å². The lowest BCUT2D eigenvalue weighted by molar-refractivity contribution is -0.121. The van der Waals surface area contributed by atoms with Crippen LogP contribution in [0.5, 0.6) is 0 Å². The molecule has 0 radical (unpaired) electrons. The molecule has 0 aliphatic carbocycles. The molecule has 0 saturated heterocycles. The van der Waals surface area contributed by atoms with Crippen LogP contribution in [0, 0.1) is 13.8 Å². The van der Waals surface area contributed by atoms with Crippen molar-refractivity contribution in [3.05, 3.63) is 70.3 Å². The fraction of sp³-hybridized carbons (Fsp3) is 0.458. The molecule has 0 saturated carbocycles. The Hall–Kier alpha value is -2.14. The molecule has 158 valence electrons. The molecule has 2 aromatic carbocycles. The lowest BCUT2D eigenvalue weighted by Gasteiger charge is -2.23. The average molecular weight is 416 g/mol. The zero-order valence-electron chi connectivity index (χ0n) is 18.5. The van der Waals surface area contributed by atoms with Crippen LogP contribution in [-0.4, -0.2) is 19.6 Å². The Morgan fingerprint density at radius 1 is 1.00 bits per heavy atom. The third-order valence-corrected chi connectivity index (χ3v) is 7.46. The van der Waals surface area contributed by atoms with Crippen molar-refractivity contribution >= 4 is 15.7 Å². The highest BCUT2D eigenvalue weighted by atomic mass is 32.2. The first-order valence-corrected chi connectivity index (χ1v) is 11.7. The van der Waals surface area contributed by atoms with Gasteiger partial charge < -0.3 is 5.32 Å². The van der Waals surface area contributed by atoms with Crippen LogP contribution in [0.15, 0.2) is 42.5 Å². The number of carbonyl (C=O) groups excluding carboxylic acids is 1. The maximum Gasteiger partial charge on any atom is 0.238 e. The largest absolute Gasteiger partial charge is 0.348 e. The highest BCUT2D eigenvalue weighted by Crippen LogP contribution is 2.28. The van der Waals surface area contributed by atoms with E-state index in [1.807, 2.05) is 51.1 Å². The molecule has 2 rings (SSSR count). The van der Waals surface area contributed by atoms with Gasteiger partial charge in [0, 0.05) is 0 Å². The molecule has 0 heterocycles. The van der Waals surface area contributed by atoms with E-state index >= 15 is 0 Å². The quantitative estimate of drug-likeness (QED) is 0.738. The zero-order valence-corrected chi connectivity index (χ0v) is 19.4. The Labute approximate surface area is 175 Å². The second kappa shape index (κ2) is 8.70. The molecule has 0 aliphatic rings. The Morgan fingerprint density at radius 2 is 1.52 bits per heavy atom. The third-order valence-electron chi connectivity index (χ3n) is 5.47. The van der Waals surface area contributed by atoms with Gasteiger partial charge in [0.1, 0.15) is 5.25 Å². The molecular formula is C24H33NO3S. The lowest BCUT2D eigenvalue weighted by Crippen LogP contribution is -2.39. The van der Waals surface area contributed by atoms with Crippen LogP contribution in [-0.2, 0) is 25.8 Å². The Morgan fingerprint density at radius 3 is 2.00 bits per heavy atom. The van der Waals surface area contributed by atoms with Gasteiger partial charge in [0.15, 0.2) is 9.84 Å². The molecule has 1 amide bonds. The SMILES string of the molecule is Cc1cc(C(C)(C)C)cc(C)c1CS(=O)(=O)C(C)C(=O)NC(C)c1ccccc1. The summed E-state index contributed by atoms with van der Waals surface area (Å²) in [7, 11) is -3.65. The van der Waals surface area contributed by atoms with Crippen molar-refractivity contribution in [3.63, 3.8) is 0 Å². The fourth-order valence-corrected chi connectivity index (χ4v) is 4.80. The number of benzene rings is 2. The van der Waals surface area contributed by atoms with E-state index in [2.05, 4.69) is 38.2 Å². The summed E-state index contributed by atoms with van der Waals surface area (Å²) in [6.07, 6.45) is 0.